The first-order valence-electron chi connectivity index (χ1n) is 9.27. The molecule has 1 amide bonds. The molecule has 18 heavy (non-hydrogen) atoms. The summed E-state index contributed by atoms with van der Waals surface area (Å²) in [5, 5.41) is 0. The molecule has 0 saturated carbocycles. The topological polar surface area (TPSA) is 68.5 Å². The number of pyridine rings is 1. The van der Waals surface area contributed by atoms with Crippen molar-refractivity contribution >= 4 is 11.8 Å². The van der Waals surface area contributed by atoms with E-state index in [1.54, 1.807) is 0 Å². The number of anilines is 1. The summed E-state index contributed by atoms with van der Waals surface area (Å²) < 4.78 is 69.0. The van der Waals surface area contributed by atoms with Crippen LogP contribution < -0.4 is 5.73 Å². The number of nitrogen functional groups attached to an aromatic ring is 1. The average Bonchev–Trinajstić information content (AvgIpc) is 2.45. The van der Waals surface area contributed by atoms with Gasteiger partial charge in [0.15, 0.2) is 0 Å². The van der Waals surface area contributed by atoms with E-state index >= 15 is 0 Å². The molecule has 2 N–H and O–H groups in total. The third-order valence-electron chi connectivity index (χ3n) is 1.86. The fourth-order valence-electron chi connectivity index (χ4n) is 1.15. The van der Waals surface area contributed by atoms with E-state index in [2.05, 4.69) is 4.98 Å². The number of hydrogen-bond acceptors (Lipinski definition) is 4. The van der Waals surface area contributed by atoms with Gasteiger partial charge in [-0.05, 0) is 32.9 Å². The average molecular weight is 257 g/mol. The number of likely N-dealkylation sites (tertiary alicyclic amines) is 1. The van der Waals surface area contributed by atoms with Crippen LogP contribution in [0.3, 0.4) is 0 Å². The van der Waals surface area contributed by atoms with Crippen molar-refractivity contribution in [3.05, 3.63) is 24.0 Å². The molecule has 0 unspecified atom stereocenters. The van der Waals surface area contributed by atoms with E-state index in [-0.39, 0.29) is 4.90 Å². The highest BCUT2D eigenvalue weighted by Gasteiger charge is 2.35. The Labute approximate surface area is 118 Å². The summed E-state index contributed by atoms with van der Waals surface area (Å²) >= 11 is 0. The normalized spacial score (nSPS) is 30.1. The number of rotatable bonds is 1. The zero-order chi connectivity index (χ0) is 20.5. The molecule has 1 aliphatic rings. The highest BCUT2D eigenvalue weighted by Crippen LogP contribution is 2.27. The minimum atomic E-state index is -2.95. The van der Waals surface area contributed by atoms with Crippen molar-refractivity contribution < 1.29 is 20.5 Å². The van der Waals surface area contributed by atoms with Gasteiger partial charge in [0.2, 0.25) is 0 Å². The van der Waals surface area contributed by atoms with Crippen LogP contribution in [0, 0.1) is 0 Å². The Morgan fingerprint density at radius 2 is 2.33 bits per heavy atom. The minimum absolute atomic E-state index is 0.128. The van der Waals surface area contributed by atoms with Gasteiger partial charge in [-0.15, -0.1) is 0 Å². The highest BCUT2D eigenvalue weighted by molar-refractivity contribution is 5.69. The Kier molecular flexibility index (Phi) is 1.47. The first kappa shape index (κ1) is 5.91. The third kappa shape index (κ3) is 2.91. The zero-order valence-corrected chi connectivity index (χ0v) is 10.3. The number of nitrogens with zero attached hydrogens (tertiary/aromatic N) is 2. The molecule has 1 saturated heterocycles. The lowest BCUT2D eigenvalue weighted by Gasteiger charge is -2.39. The number of hydrogen-bond donors (Lipinski definition) is 1. The van der Waals surface area contributed by atoms with Crippen LogP contribution in [0.25, 0.3) is 0 Å². The van der Waals surface area contributed by atoms with E-state index < -0.39 is 60.2 Å². The second-order valence-electron chi connectivity index (χ2n) is 4.65. The maximum absolute atomic E-state index is 12.2. The Hall–Kier alpha value is -1.78. The van der Waals surface area contributed by atoms with Gasteiger partial charge in [0.25, 0.3) is 0 Å². The number of carbonyl (C=O) groups is 1. The maximum Gasteiger partial charge on any atom is 0.410 e. The fraction of sp³-hybridized carbons (Fsp3) is 0.538. The molecule has 1 aromatic heterocycles. The van der Waals surface area contributed by atoms with Gasteiger partial charge >= 0.3 is 6.09 Å². The maximum atomic E-state index is 12.2. The molecular weight excluding hydrogens is 230 g/mol. The van der Waals surface area contributed by atoms with Crippen LogP contribution in [0.2, 0.25) is 0 Å². The molecule has 0 aliphatic carbocycles. The smallest absolute Gasteiger partial charge is 0.410 e. The van der Waals surface area contributed by atoms with Crippen LogP contribution in [0.4, 0.5) is 10.5 Å². The molecule has 1 fully saturated rings. The molecule has 1 aromatic rings. The van der Waals surface area contributed by atoms with E-state index in [9.17, 15) is 4.79 Å². The van der Waals surface area contributed by atoms with Crippen LogP contribution in [0.1, 0.15) is 43.3 Å². The first-order chi connectivity index (χ1) is 11.5. The Balaban J connectivity index is 2.60. The van der Waals surface area contributed by atoms with Gasteiger partial charge in [0.1, 0.15) is 5.60 Å². The summed E-state index contributed by atoms with van der Waals surface area (Å²) in [5.41, 5.74) is 3.20. The van der Waals surface area contributed by atoms with Crippen molar-refractivity contribution in [2.24, 2.45) is 0 Å². The summed E-state index contributed by atoms with van der Waals surface area (Å²) in [5.74, 6) is -2.85. The molecule has 0 aromatic carbocycles. The minimum Gasteiger partial charge on any atom is -0.444 e. The lowest BCUT2D eigenvalue weighted by atomic mass is 9.96. The van der Waals surface area contributed by atoms with E-state index in [4.69, 9.17) is 21.4 Å². The highest BCUT2D eigenvalue weighted by atomic mass is 16.6. The molecule has 2 heterocycles. The molecule has 0 spiro atoms. The van der Waals surface area contributed by atoms with E-state index in [1.807, 2.05) is 0 Å². The SMILES string of the molecule is [2H]c1nc(C2([2H])C([2H])([2H])N(C(=O)OC(C)(C)C)C2([2H])[2H])c([2H])c([2H])c1N. The molecule has 0 atom stereocenters. The second kappa shape index (κ2) is 4.48. The lowest BCUT2D eigenvalue weighted by Crippen LogP contribution is -2.50. The quantitative estimate of drug-likeness (QED) is 0.835. The Bertz CT molecular complexity index is 762. The van der Waals surface area contributed by atoms with Crippen LogP contribution in [0.15, 0.2) is 18.3 Å². The summed E-state index contributed by atoms with van der Waals surface area (Å²) in [4.78, 5) is 15.9. The summed E-state index contributed by atoms with van der Waals surface area (Å²) in [7, 11) is 0. The van der Waals surface area contributed by atoms with Crippen molar-refractivity contribution in [2.45, 2.75) is 32.3 Å². The second-order valence-corrected chi connectivity index (χ2v) is 4.65. The summed E-state index contributed by atoms with van der Waals surface area (Å²) in [6.45, 7) is -1.34. The fourth-order valence-corrected chi connectivity index (χ4v) is 1.15. The van der Waals surface area contributed by atoms with Crippen molar-refractivity contribution in [1.29, 1.82) is 0 Å². The molecule has 1 aliphatic heterocycles. The molecular formula is C13H19N3O2. The van der Waals surface area contributed by atoms with Gasteiger partial charge in [-0.1, -0.05) is 0 Å². The van der Waals surface area contributed by atoms with Crippen LogP contribution in [-0.4, -0.2) is 34.6 Å². The molecule has 98 valence electrons. The van der Waals surface area contributed by atoms with Gasteiger partial charge in [-0.3, -0.25) is 4.98 Å². The number of aromatic nitrogens is 1. The third-order valence-corrected chi connectivity index (χ3v) is 1.86. The van der Waals surface area contributed by atoms with Gasteiger partial charge in [-0.25, -0.2) is 4.79 Å². The predicted molar refractivity (Wildman–Crippen MR) is 69.2 cm³/mol. The lowest BCUT2D eigenvalue weighted by molar-refractivity contribution is 0.00788. The van der Waals surface area contributed by atoms with Crippen molar-refractivity contribution in [3.63, 3.8) is 0 Å². The van der Waals surface area contributed by atoms with Crippen LogP contribution in [-0.2, 0) is 4.74 Å². The van der Waals surface area contributed by atoms with E-state index in [0.717, 1.165) is 0 Å². The molecule has 5 nitrogen and oxygen atoms in total. The Morgan fingerprint density at radius 3 is 2.94 bits per heavy atom. The van der Waals surface area contributed by atoms with E-state index in [0.29, 0.717) is 0 Å². The van der Waals surface area contributed by atoms with Gasteiger partial charge in [0.05, 0.1) is 21.5 Å². The van der Waals surface area contributed by atoms with E-state index in [1.165, 1.54) is 20.8 Å². The molecule has 5 heteroatoms. The standard InChI is InChI=1S/C13H19N3O2/c1-13(2,3)18-12(17)16-7-9(8-16)11-5-4-10(14)6-15-11/h4-6,9H,7-8,14H2,1-3H3/i4D,5D,6D,7D2,8D2,9D. The molecule has 0 radical (unpaired) electrons. The van der Waals surface area contributed by atoms with Gasteiger partial charge < -0.3 is 15.4 Å². The molecule has 2 rings (SSSR count). The van der Waals surface area contributed by atoms with Crippen molar-refractivity contribution in [1.82, 2.24) is 9.88 Å². The first-order valence-corrected chi connectivity index (χ1v) is 5.27. The predicted octanol–water partition coefficient (Wildman–Crippen LogP) is 2.00. The molecule has 0 bridgehead atoms. The monoisotopic (exact) mass is 257 g/mol. The van der Waals surface area contributed by atoms with Crippen LogP contribution >= 0.6 is 0 Å². The zero-order valence-electron chi connectivity index (χ0n) is 18.3. The van der Waals surface area contributed by atoms with Gasteiger partial charge in [-0.2, -0.15) is 0 Å². The number of nitrogens with two attached hydrogens (primary N) is 1. The van der Waals surface area contributed by atoms with Gasteiger partial charge in [0, 0.05) is 26.0 Å². The van der Waals surface area contributed by atoms with Crippen molar-refractivity contribution in [3.8, 4) is 0 Å². The largest absolute Gasteiger partial charge is 0.444 e. The van der Waals surface area contributed by atoms with Crippen LogP contribution in [0.5, 0.6) is 0 Å². The number of ether oxygens (including phenoxy) is 1. The van der Waals surface area contributed by atoms with Crippen molar-refractivity contribution in [2.75, 3.05) is 18.7 Å². The summed E-state index contributed by atoms with van der Waals surface area (Å²) in [6.07, 6.45) is -1.98. The number of carbonyl (C=O) groups excluding carboxylic acids is 1. The number of amides is 1. The summed E-state index contributed by atoms with van der Waals surface area (Å²) in [6, 6.07) is -1.43. The Morgan fingerprint density at radius 1 is 1.67 bits per heavy atom.